The van der Waals surface area contributed by atoms with Crippen LogP contribution < -0.4 is 9.64 Å². The van der Waals surface area contributed by atoms with E-state index in [1.165, 1.54) is 53.2 Å². The molecule has 3 aliphatic heterocycles. The molecule has 0 N–H and O–H groups in total. The highest BCUT2D eigenvalue weighted by atomic mass is 28.4. The Balaban J connectivity index is 1.34. The predicted octanol–water partition coefficient (Wildman–Crippen LogP) is 14.7. The van der Waals surface area contributed by atoms with Crippen molar-refractivity contribution in [1.29, 1.82) is 15.8 Å². The van der Waals surface area contributed by atoms with Crippen LogP contribution in [-0.2, 0) is 25.6 Å². The number of hydrogen-bond acceptors (Lipinski definition) is 7. The summed E-state index contributed by atoms with van der Waals surface area (Å²) in [4.78, 5) is 2.57. The van der Waals surface area contributed by atoms with Crippen LogP contribution in [0.5, 0.6) is 5.75 Å². The van der Waals surface area contributed by atoms with Crippen LogP contribution in [0.25, 0.3) is 6.08 Å². The van der Waals surface area contributed by atoms with Crippen molar-refractivity contribution in [2.24, 2.45) is 5.41 Å². The number of ether oxygens (including phenoxy) is 2. The number of nitrogens with zero attached hydrogens (tertiary/aromatic N) is 4. The average Bonchev–Trinajstić information content (AvgIpc) is 3.58. The van der Waals surface area contributed by atoms with Crippen LogP contribution in [0, 0.1) is 39.4 Å². The fraction of sp³-hybridized carbons (Fsp3) is 0.518. The summed E-state index contributed by atoms with van der Waals surface area (Å²) in [6.45, 7) is 28.6. The summed E-state index contributed by atoms with van der Waals surface area (Å²) in [6.07, 6.45) is 13.6. The zero-order chi connectivity index (χ0) is 49.2. The lowest BCUT2D eigenvalue weighted by Gasteiger charge is -2.49. The van der Waals surface area contributed by atoms with E-state index in [-0.39, 0.29) is 26.8 Å². The minimum Gasteiger partial charge on any atom is -0.493 e. The van der Waals surface area contributed by atoms with Gasteiger partial charge >= 0.3 is 6.18 Å². The lowest BCUT2D eigenvalue weighted by Crippen LogP contribution is -2.45. The minimum absolute atomic E-state index is 0.0211. The Kier molecular flexibility index (Phi) is 14.8. The molecular formula is C56H69F3N4O3Si. The molecule has 0 amide bonds. The molecule has 0 fully saturated rings. The highest BCUT2D eigenvalue weighted by Crippen LogP contribution is 2.57. The zero-order valence-corrected chi connectivity index (χ0v) is 42.6. The molecule has 1 aliphatic carbocycles. The Bertz CT molecular complexity index is 2510. The molecule has 1 atom stereocenters. The third kappa shape index (κ3) is 10.6. The molecule has 11 heteroatoms. The summed E-state index contributed by atoms with van der Waals surface area (Å²) in [5.41, 5.74) is 1.59. The summed E-state index contributed by atoms with van der Waals surface area (Å²) >= 11 is 0. The lowest BCUT2D eigenvalue weighted by molar-refractivity contribution is -0.249. The molecular weight excluding hydrogens is 862 g/mol. The van der Waals surface area contributed by atoms with Crippen LogP contribution in [0.4, 0.5) is 18.9 Å². The second-order valence-corrected chi connectivity index (χ2v) is 27.1. The monoisotopic (exact) mass is 931 g/mol. The zero-order valence-electron chi connectivity index (χ0n) is 41.6. The number of unbranched alkanes of at least 4 members (excludes halogenated alkanes) is 3. The van der Waals surface area contributed by atoms with Gasteiger partial charge in [-0.25, -0.2) is 0 Å². The molecule has 0 saturated carbocycles. The minimum atomic E-state index is -5.06. The molecule has 67 heavy (non-hydrogen) atoms. The van der Waals surface area contributed by atoms with E-state index in [1.54, 1.807) is 24.3 Å². The van der Waals surface area contributed by atoms with E-state index in [0.29, 0.717) is 13.0 Å². The van der Waals surface area contributed by atoms with E-state index in [4.69, 9.17) is 13.9 Å². The summed E-state index contributed by atoms with van der Waals surface area (Å²) in [6, 6.07) is 14.4. The van der Waals surface area contributed by atoms with Crippen molar-refractivity contribution in [2.75, 3.05) is 31.2 Å². The SMILES string of the molecule is CC1(C)CC(/C=C/c2cc3c4c(c2OCCCCCCO[Si](C)(C)C(C)(C)C)C(C)(C)CCN4CCC3(C)C)=CC(=C/C=C/C2=C(C#N)C(=C(C#N)C#N)OC2(c2ccccc2)C(F)(F)F)/C1. The van der Waals surface area contributed by atoms with Crippen LogP contribution >= 0.6 is 0 Å². The van der Waals surface area contributed by atoms with Gasteiger partial charge in [-0.3, -0.25) is 0 Å². The molecule has 6 rings (SSSR count). The first-order chi connectivity index (χ1) is 31.3. The molecule has 0 aromatic heterocycles. The standard InChI is InChI=1S/C56H69F3N4O3Si/c1-51(2,3)67(10,11)65-31-18-13-12-17-30-64-50-41(33-46-48-47(50)54(8,9)27-29-63(48)28-26-53(46,6)7)25-24-40-32-39(34-52(4,5)35-40)20-19-23-45-44(38-62)49(42(36-60)37-61)66-55(45,56(57,58)59)43-21-15-14-16-22-43/h14-16,19-25,32-33H,12-13,17-18,26-31,34-35H2,1-11H3/b23-19+,25-24+,39-20-. The van der Waals surface area contributed by atoms with Crippen LogP contribution in [0.15, 0.2) is 100 Å². The van der Waals surface area contributed by atoms with Gasteiger partial charge < -0.3 is 18.8 Å². The third-order valence-corrected chi connectivity index (χ3v) is 19.2. The molecule has 0 spiro atoms. The van der Waals surface area contributed by atoms with Gasteiger partial charge in [0.1, 0.15) is 29.5 Å². The first-order valence-electron chi connectivity index (χ1n) is 23.8. The Hall–Kier alpha value is -5.28. The van der Waals surface area contributed by atoms with Crippen molar-refractivity contribution in [2.45, 2.75) is 154 Å². The van der Waals surface area contributed by atoms with Gasteiger partial charge in [0, 0.05) is 47.6 Å². The Morgan fingerprint density at radius 2 is 1.49 bits per heavy atom. The smallest absolute Gasteiger partial charge is 0.437 e. The summed E-state index contributed by atoms with van der Waals surface area (Å²) in [5.74, 6) is 0.267. The first-order valence-corrected chi connectivity index (χ1v) is 26.7. The first kappa shape index (κ1) is 51.1. The number of anilines is 1. The van der Waals surface area contributed by atoms with E-state index in [0.717, 1.165) is 87.1 Å². The quantitative estimate of drug-likeness (QED) is 0.106. The summed E-state index contributed by atoms with van der Waals surface area (Å²) in [7, 11) is -1.77. The molecule has 3 heterocycles. The molecule has 0 bridgehead atoms. The number of hydrogen-bond donors (Lipinski definition) is 0. The van der Waals surface area contributed by atoms with Gasteiger partial charge in [0.15, 0.2) is 19.6 Å². The number of rotatable bonds is 14. The maximum Gasteiger partial charge on any atom is 0.437 e. The normalized spacial score (nSPS) is 21.7. The lowest BCUT2D eigenvalue weighted by atomic mass is 9.68. The number of benzene rings is 2. The van der Waals surface area contributed by atoms with Gasteiger partial charge in [0.05, 0.1) is 6.61 Å². The fourth-order valence-electron chi connectivity index (χ4n) is 9.75. The second kappa shape index (κ2) is 19.4. The maximum absolute atomic E-state index is 15.4. The summed E-state index contributed by atoms with van der Waals surface area (Å²) < 4.78 is 65.2. The molecule has 1 unspecified atom stereocenters. The molecule has 2 aromatic rings. The average molecular weight is 931 g/mol. The van der Waals surface area contributed by atoms with Crippen molar-refractivity contribution < 1.29 is 27.1 Å². The Labute approximate surface area is 399 Å². The number of alkyl halides is 3. The van der Waals surface area contributed by atoms with E-state index < -0.39 is 42.6 Å². The van der Waals surface area contributed by atoms with Crippen molar-refractivity contribution >= 4 is 20.1 Å². The van der Waals surface area contributed by atoms with Gasteiger partial charge in [-0.2, -0.15) is 29.0 Å². The number of halogens is 3. The van der Waals surface area contributed by atoms with Crippen LogP contribution in [-0.4, -0.2) is 40.8 Å². The van der Waals surface area contributed by atoms with E-state index in [1.807, 2.05) is 6.07 Å². The van der Waals surface area contributed by atoms with Gasteiger partial charge in [-0.1, -0.05) is 136 Å². The van der Waals surface area contributed by atoms with Crippen molar-refractivity contribution in [3.05, 3.63) is 123 Å². The van der Waals surface area contributed by atoms with Gasteiger partial charge in [0.25, 0.3) is 5.60 Å². The van der Waals surface area contributed by atoms with E-state index in [2.05, 4.69) is 105 Å². The van der Waals surface area contributed by atoms with Gasteiger partial charge in [-0.15, -0.1) is 0 Å². The predicted molar refractivity (Wildman–Crippen MR) is 265 cm³/mol. The Morgan fingerprint density at radius 3 is 2.10 bits per heavy atom. The molecule has 0 saturated heterocycles. The molecule has 0 radical (unpaired) electrons. The van der Waals surface area contributed by atoms with Gasteiger partial charge in [0.2, 0.25) is 0 Å². The van der Waals surface area contributed by atoms with E-state index in [9.17, 15) is 15.8 Å². The number of allylic oxidation sites excluding steroid dienone is 8. The van der Waals surface area contributed by atoms with Crippen molar-refractivity contribution in [3.8, 4) is 24.0 Å². The van der Waals surface area contributed by atoms with Crippen LogP contribution in [0.3, 0.4) is 0 Å². The van der Waals surface area contributed by atoms with Gasteiger partial charge in [-0.05, 0) is 102 Å². The maximum atomic E-state index is 15.4. The highest BCUT2D eigenvalue weighted by molar-refractivity contribution is 6.74. The van der Waals surface area contributed by atoms with Crippen LogP contribution in [0.1, 0.15) is 136 Å². The largest absolute Gasteiger partial charge is 0.493 e. The molecule has 2 aromatic carbocycles. The van der Waals surface area contributed by atoms with Crippen LogP contribution in [0.2, 0.25) is 18.1 Å². The molecule has 356 valence electrons. The van der Waals surface area contributed by atoms with E-state index >= 15 is 13.2 Å². The van der Waals surface area contributed by atoms with Crippen molar-refractivity contribution in [3.63, 3.8) is 0 Å². The second-order valence-electron chi connectivity index (χ2n) is 22.3. The topological polar surface area (TPSA) is 102 Å². The molecule has 4 aliphatic rings. The fourth-order valence-corrected chi connectivity index (χ4v) is 10.8. The third-order valence-electron chi connectivity index (χ3n) is 14.6. The summed E-state index contributed by atoms with van der Waals surface area (Å²) in [5, 5.41) is 29.8. The van der Waals surface area contributed by atoms with Crippen molar-refractivity contribution in [1.82, 2.24) is 0 Å². The Morgan fingerprint density at radius 1 is 0.851 bits per heavy atom. The number of nitriles is 3. The highest BCUT2D eigenvalue weighted by Gasteiger charge is 2.65. The molecule has 7 nitrogen and oxygen atoms in total.